The summed E-state index contributed by atoms with van der Waals surface area (Å²) < 4.78 is 35.3. The number of benzene rings is 2. The first-order valence-corrected chi connectivity index (χ1v) is 8.28. The molecule has 0 aliphatic carbocycles. The van der Waals surface area contributed by atoms with Crippen molar-refractivity contribution in [2.75, 3.05) is 6.61 Å². The van der Waals surface area contributed by atoms with Crippen molar-refractivity contribution in [1.29, 1.82) is 0 Å². The Morgan fingerprint density at radius 3 is 2.48 bits per heavy atom. The number of halogens is 3. The van der Waals surface area contributed by atoms with Crippen LogP contribution in [0.15, 0.2) is 48.5 Å². The molecule has 148 valence electrons. The Labute approximate surface area is 163 Å². The van der Waals surface area contributed by atoms with Crippen LogP contribution in [0.4, 0.5) is 8.78 Å². The lowest BCUT2D eigenvalue weighted by atomic mass is 10.1. The number of carbonyl (C=O) groups excluding carboxylic acids is 1. The quantitative estimate of drug-likeness (QED) is 0.677. The third-order valence-electron chi connectivity index (χ3n) is 3.66. The van der Waals surface area contributed by atoms with Gasteiger partial charge in [0.1, 0.15) is 0 Å². The molecule has 5 nitrogen and oxygen atoms in total. The monoisotopic (exact) mass is 400 g/mol. The Balaban J connectivity index is 0.00000364. The summed E-state index contributed by atoms with van der Waals surface area (Å²) in [6.45, 7) is -0.948. The van der Waals surface area contributed by atoms with Gasteiger partial charge in [0.15, 0.2) is 11.5 Å². The molecule has 0 unspecified atom stereocenters. The van der Waals surface area contributed by atoms with Crippen LogP contribution < -0.4 is 20.5 Å². The van der Waals surface area contributed by atoms with Gasteiger partial charge in [-0.3, -0.25) is 4.79 Å². The summed E-state index contributed by atoms with van der Waals surface area (Å²) in [7, 11) is 0. The molecule has 0 radical (unpaired) electrons. The molecule has 8 heteroatoms. The highest BCUT2D eigenvalue weighted by molar-refractivity contribution is 5.85. The summed E-state index contributed by atoms with van der Waals surface area (Å²) in [6, 6.07) is 13.4. The summed E-state index contributed by atoms with van der Waals surface area (Å²) >= 11 is 0. The van der Waals surface area contributed by atoms with Crippen molar-refractivity contribution >= 4 is 18.3 Å². The van der Waals surface area contributed by atoms with Crippen molar-refractivity contribution < 1.29 is 23.0 Å². The molecule has 0 heterocycles. The van der Waals surface area contributed by atoms with E-state index in [-0.39, 0.29) is 36.4 Å². The van der Waals surface area contributed by atoms with Gasteiger partial charge in [0.2, 0.25) is 5.91 Å². The third kappa shape index (κ3) is 7.03. The first kappa shape index (κ1) is 22.7. The highest BCUT2D eigenvalue weighted by Gasteiger charge is 2.18. The number of nitrogens with one attached hydrogen (secondary N) is 1. The number of amides is 1. The van der Waals surface area contributed by atoms with Gasteiger partial charge in [-0.2, -0.15) is 8.78 Å². The van der Waals surface area contributed by atoms with Crippen LogP contribution >= 0.6 is 12.4 Å². The zero-order valence-corrected chi connectivity index (χ0v) is 15.7. The molecule has 0 fully saturated rings. The number of hydrogen-bond donors (Lipinski definition) is 2. The Morgan fingerprint density at radius 1 is 1.15 bits per heavy atom. The van der Waals surface area contributed by atoms with Crippen LogP contribution in [-0.2, 0) is 17.8 Å². The minimum atomic E-state index is -2.99. The molecule has 0 saturated heterocycles. The molecule has 0 aliphatic rings. The zero-order chi connectivity index (χ0) is 18.9. The van der Waals surface area contributed by atoms with Gasteiger partial charge in [0.25, 0.3) is 0 Å². The number of alkyl halides is 2. The van der Waals surface area contributed by atoms with E-state index < -0.39 is 12.7 Å². The van der Waals surface area contributed by atoms with Gasteiger partial charge in [-0.05, 0) is 25.0 Å². The minimum absolute atomic E-state index is 0. The van der Waals surface area contributed by atoms with Crippen molar-refractivity contribution in [3.05, 3.63) is 59.7 Å². The van der Waals surface area contributed by atoms with Gasteiger partial charge < -0.3 is 20.5 Å². The van der Waals surface area contributed by atoms with Gasteiger partial charge in [0.05, 0.1) is 12.6 Å². The maximum absolute atomic E-state index is 12.7. The fourth-order valence-electron chi connectivity index (χ4n) is 2.47. The zero-order valence-electron chi connectivity index (χ0n) is 14.9. The molecular formula is C19H23ClF2N2O3. The van der Waals surface area contributed by atoms with Gasteiger partial charge >= 0.3 is 6.61 Å². The molecule has 2 rings (SSSR count). The summed E-state index contributed by atoms with van der Waals surface area (Å²) in [5, 5.41) is 2.66. The topological polar surface area (TPSA) is 73.6 Å². The van der Waals surface area contributed by atoms with E-state index >= 15 is 0 Å². The smallest absolute Gasteiger partial charge is 0.387 e. The fraction of sp³-hybridized carbons (Fsp3) is 0.316. The van der Waals surface area contributed by atoms with Crippen LogP contribution in [-0.4, -0.2) is 25.2 Å². The second-order valence-electron chi connectivity index (χ2n) is 5.57. The van der Waals surface area contributed by atoms with E-state index in [1.165, 1.54) is 6.07 Å². The van der Waals surface area contributed by atoms with Crippen LogP contribution in [0.3, 0.4) is 0 Å². The molecule has 27 heavy (non-hydrogen) atoms. The van der Waals surface area contributed by atoms with Crippen molar-refractivity contribution in [3.8, 4) is 11.5 Å². The Bertz CT molecular complexity index is 717. The van der Waals surface area contributed by atoms with Crippen LogP contribution in [0.5, 0.6) is 11.5 Å². The van der Waals surface area contributed by atoms with Crippen LogP contribution in [0.2, 0.25) is 0 Å². The van der Waals surface area contributed by atoms with Crippen molar-refractivity contribution in [1.82, 2.24) is 5.32 Å². The highest BCUT2D eigenvalue weighted by Crippen LogP contribution is 2.32. The first-order chi connectivity index (χ1) is 12.5. The summed E-state index contributed by atoms with van der Waals surface area (Å²) in [6.07, 6.45) is 0.381. The molecule has 0 bridgehead atoms. The van der Waals surface area contributed by atoms with E-state index in [9.17, 15) is 13.6 Å². The lowest BCUT2D eigenvalue weighted by Gasteiger charge is -2.17. The van der Waals surface area contributed by atoms with Crippen molar-refractivity contribution in [2.24, 2.45) is 5.73 Å². The number of rotatable bonds is 9. The Hall–Kier alpha value is -2.38. The number of hydrogen-bond acceptors (Lipinski definition) is 4. The Morgan fingerprint density at radius 2 is 1.85 bits per heavy atom. The number of nitrogens with two attached hydrogens (primary N) is 1. The maximum Gasteiger partial charge on any atom is 0.387 e. The largest absolute Gasteiger partial charge is 0.490 e. The average molecular weight is 401 g/mol. The highest BCUT2D eigenvalue weighted by atomic mass is 35.5. The van der Waals surface area contributed by atoms with Crippen molar-refractivity contribution in [3.63, 3.8) is 0 Å². The second-order valence-corrected chi connectivity index (χ2v) is 5.57. The molecule has 3 N–H and O–H groups in total. The van der Waals surface area contributed by atoms with Gasteiger partial charge in [-0.15, -0.1) is 12.4 Å². The van der Waals surface area contributed by atoms with E-state index in [0.29, 0.717) is 18.6 Å². The maximum atomic E-state index is 12.7. The third-order valence-corrected chi connectivity index (χ3v) is 3.66. The summed E-state index contributed by atoms with van der Waals surface area (Å²) in [5.41, 5.74) is 7.25. The molecule has 1 atom stereocenters. The van der Waals surface area contributed by atoms with Gasteiger partial charge in [0, 0.05) is 12.1 Å². The molecule has 0 aliphatic heterocycles. The fourth-order valence-corrected chi connectivity index (χ4v) is 2.47. The van der Waals surface area contributed by atoms with E-state index in [2.05, 4.69) is 10.1 Å². The molecule has 2 aromatic carbocycles. The molecule has 0 aromatic heterocycles. The lowest BCUT2D eigenvalue weighted by molar-refractivity contribution is -0.122. The molecule has 0 saturated carbocycles. The van der Waals surface area contributed by atoms with E-state index in [1.54, 1.807) is 19.1 Å². The summed E-state index contributed by atoms with van der Waals surface area (Å²) in [5.74, 6) is -0.256. The second kappa shape index (κ2) is 11.4. The molecule has 2 aromatic rings. The van der Waals surface area contributed by atoms with E-state index in [4.69, 9.17) is 10.5 Å². The minimum Gasteiger partial charge on any atom is -0.490 e. The van der Waals surface area contributed by atoms with Gasteiger partial charge in [-0.25, -0.2) is 0 Å². The molecule has 0 spiro atoms. The number of ether oxygens (including phenoxy) is 2. The van der Waals surface area contributed by atoms with Crippen LogP contribution in [0.1, 0.15) is 18.1 Å². The lowest BCUT2D eigenvalue weighted by Crippen LogP contribution is -2.41. The summed E-state index contributed by atoms with van der Waals surface area (Å²) in [4.78, 5) is 12.2. The molecule has 1 amide bonds. The van der Waals surface area contributed by atoms with E-state index in [1.807, 2.05) is 30.3 Å². The average Bonchev–Trinajstić information content (AvgIpc) is 2.62. The SMILES string of the molecule is CCOc1cccc(CNC(=O)[C@@H](N)Cc2ccccc2)c1OC(F)F.Cl. The standard InChI is InChI=1S/C19H22F2N2O3.ClH/c1-2-25-16-10-6-9-14(17(16)26-19(20)21)12-23-18(24)15(22)11-13-7-4-3-5-8-13;/h3-10,15,19H,2,11-12,22H2,1H3,(H,23,24);1H/t15-;/m0./s1. The van der Waals surface area contributed by atoms with Crippen LogP contribution in [0.25, 0.3) is 0 Å². The van der Waals surface area contributed by atoms with Gasteiger partial charge in [-0.1, -0.05) is 42.5 Å². The van der Waals surface area contributed by atoms with Crippen molar-refractivity contribution in [2.45, 2.75) is 32.5 Å². The van der Waals surface area contributed by atoms with E-state index in [0.717, 1.165) is 5.56 Å². The normalized spacial score (nSPS) is 11.4. The number of para-hydroxylation sites is 1. The van der Waals surface area contributed by atoms with Crippen LogP contribution in [0, 0.1) is 0 Å². The predicted octanol–water partition coefficient (Wildman–Crippen LogP) is 3.29. The molecular weight excluding hydrogens is 378 g/mol. The number of carbonyl (C=O) groups is 1. The predicted molar refractivity (Wildman–Crippen MR) is 101 cm³/mol. The Kier molecular flexibility index (Phi) is 9.53. The first-order valence-electron chi connectivity index (χ1n) is 8.28.